The number of aryl methyl sites for hydroxylation is 2. The van der Waals surface area contributed by atoms with Crippen molar-refractivity contribution in [3.8, 4) is 5.75 Å². The van der Waals surface area contributed by atoms with Crippen molar-refractivity contribution in [2.24, 2.45) is 5.73 Å². The third-order valence-corrected chi connectivity index (χ3v) is 3.90. The predicted octanol–water partition coefficient (Wildman–Crippen LogP) is 3.12. The monoisotopic (exact) mass is 293 g/mol. The predicted molar refractivity (Wildman–Crippen MR) is 81.3 cm³/mol. The lowest BCUT2D eigenvalue weighted by Crippen LogP contribution is -2.16. The Hall–Kier alpha value is -1.52. The summed E-state index contributed by atoms with van der Waals surface area (Å²) in [7, 11) is 1.65. The molecule has 0 aliphatic rings. The molecule has 2 rings (SSSR count). The molecule has 1 aromatic carbocycles. The average Bonchev–Trinajstić information content (AvgIpc) is 2.75. The standard InChI is InChI=1S/C15H20ClN3O/c1-4-19-14(15(16)10(2)18-19)9-13(17)11-5-7-12(20-3)8-6-11/h5-8,13H,4,9,17H2,1-3H3. The summed E-state index contributed by atoms with van der Waals surface area (Å²) in [5, 5.41) is 5.13. The molecule has 5 heteroatoms. The first-order valence-electron chi connectivity index (χ1n) is 6.68. The Kier molecular flexibility index (Phi) is 4.68. The van der Waals surface area contributed by atoms with Gasteiger partial charge in [0.05, 0.1) is 23.5 Å². The lowest BCUT2D eigenvalue weighted by molar-refractivity contribution is 0.414. The molecule has 2 N–H and O–H groups in total. The van der Waals surface area contributed by atoms with Crippen LogP contribution in [0.15, 0.2) is 24.3 Å². The van der Waals surface area contributed by atoms with Crippen molar-refractivity contribution in [1.29, 1.82) is 0 Å². The van der Waals surface area contributed by atoms with Crippen LogP contribution < -0.4 is 10.5 Å². The Bertz CT molecular complexity index is 578. The van der Waals surface area contributed by atoms with Gasteiger partial charge in [-0.2, -0.15) is 5.10 Å². The van der Waals surface area contributed by atoms with E-state index in [0.29, 0.717) is 6.42 Å². The van der Waals surface area contributed by atoms with Crippen molar-refractivity contribution in [2.75, 3.05) is 7.11 Å². The molecule has 1 unspecified atom stereocenters. The van der Waals surface area contributed by atoms with Crippen LogP contribution in [-0.4, -0.2) is 16.9 Å². The zero-order valence-electron chi connectivity index (χ0n) is 12.1. The summed E-state index contributed by atoms with van der Waals surface area (Å²) in [5.74, 6) is 0.827. The second-order valence-corrected chi connectivity index (χ2v) is 5.12. The highest BCUT2D eigenvalue weighted by molar-refractivity contribution is 6.31. The van der Waals surface area contributed by atoms with E-state index in [-0.39, 0.29) is 6.04 Å². The number of nitrogens with two attached hydrogens (primary N) is 1. The summed E-state index contributed by atoms with van der Waals surface area (Å²) in [6, 6.07) is 7.69. The van der Waals surface area contributed by atoms with E-state index in [0.717, 1.165) is 34.3 Å². The SMILES string of the molecule is CCn1nc(C)c(Cl)c1CC(N)c1ccc(OC)cc1. The summed E-state index contributed by atoms with van der Waals surface area (Å²) < 4.78 is 7.07. The van der Waals surface area contributed by atoms with Crippen LogP contribution in [0.25, 0.3) is 0 Å². The summed E-state index contributed by atoms with van der Waals surface area (Å²) in [5.41, 5.74) is 9.19. The van der Waals surface area contributed by atoms with E-state index in [9.17, 15) is 0 Å². The van der Waals surface area contributed by atoms with Crippen molar-refractivity contribution in [1.82, 2.24) is 9.78 Å². The molecule has 1 heterocycles. The first-order valence-corrected chi connectivity index (χ1v) is 7.06. The second-order valence-electron chi connectivity index (χ2n) is 4.75. The van der Waals surface area contributed by atoms with Crippen molar-refractivity contribution >= 4 is 11.6 Å². The molecule has 0 aliphatic heterocycles. The molecular weight excluding hydrogens is 274 g/mol. The van der Waals surface area contributed by atoms with E-state index < -0.39 is 0 Å². The number of hydrogen-bond donors (Lipinski definition) is 1. The minimum atomic E-state index is -0.111. The first kappa shape index (κ1) is 14.9. The molecule has 108 valence electrons. The van der Waals surface area contributed by atoms with Crippen LogP contribution in [0.4, 0.5) is 0 Å². The first-order chi connectivity index (χ1) is 9.56. The second kappa shape index (κ2) is 6.29. The number of ether oxygens (including phenoxy) is 1. The van der Waals surface area contributed by atoms with Gasteiger partial charge in [-0.25, -0.2) is 0 Å². The van der Waals surface area contributed by atoms with Gasteiger partial charge in [-0.3, -0.25) is 4.68 Å². The molecule has 2 aromatic rings. The zero-order valence-corrected chi connectivity index (χ0v) is 12.8. The van der Waals surface area contributed by atoms with Crippen molar-refractivity contribution in [2.45, 2.75) is 32.9 Å². The van der Waals surface area contributed by atoms with Crippen LogP contribution in [0.3, 0.4) is 0 Å². The van der Waals surface area contributed by atoms with Gasteiger partial charge in [0, 0.05) is 19.0 Å². The largest absolute Gasteiger partial charge is 0.497 e. The van der Waals surface area contributed by atoms with Crippen LogP contribution in [0.2, 0.25) is 5.02 Å². The Morgan fingerprint density at radius 1 is 1.35 bits per heavy atom. The van der Waals surface area contributed by atoms with E-state index in [4.69, 9.17) is 22.1 Å². The number of benzene rings is 1. The van der Waals surface area contributed by atoms with Crippen molar-refractivity contribution in [3.05, 3.63) is 46.2 Å². The highest BCUT2D eigenvalue weighted by atomic mass is 35.5. The summed E-state index contributed by atoms with van der Waals surface area (Å²) >= 11 is 6.31. The molecule has 20 heavy (non-hydrogen) atoms. The van der Waals surface area contributed by atoms with E-state index in [1.165, 1.54) is 0 Å². The van der Waals surface area contributed by atoms with Gasteiger partial charge < -0.3 is 10.5 Å². The molecule has 0 fully saturated rings. The van der Waals surface area contributed by atoms with Crippen LogP contribution in [0, 0.1) is 6.92 Å². The number of aromatic nitrogens is 2. The van der Waals surface area contributed by atoms with Crippen molar-refractivity contribution < 1.29 is 4.74 Å². The third-order valence-electron chi connectivity index (χ3n) is 3.41. The van der Waals surface area contributed by atoms with Gasteiger partial charge in [0.1, 0.15) is 5.75 Å². The third kappa shape index (κ3) is 2.97. The number of methoxy groups -OCH3 is 1. The number of rotatable bonds is 5. The fourth-order valence-electron chi connectivity index (χ4n) is 2.24. The Morgan fingerprint density at radius 3 is 2.55 bits per heavy atom. The van der Waals surface area contributed by atoms with E-state index in [1.54, 1.807) is 7.11 Å². The number of halogens is 1. The van der Waals surface area contributed by atoms with Gasteiger partial charge in [0.15, 0.2) is 0 Å². The smallest absolute Gasteiger partial charge is 0.118 e. The fraction of sp³-hybridized carbons (Fsp3) is 0.400. The maximum atomic E-state index is 6.31. The highest BCUT2D eigenvalue weighted by Gasteiger charge is 2.16. The molecule has 0 radical (unpaired) electrons. The summed E-state index contributed by atoms with van der Waals surface area (Å²) in [4.78, 5) is 0. The minimum Gasteiger partial charge on any atom is -0.497 e. The van der Waals surface area contributed by atoms with Crippen LogP contribution >= 0.6 is 11.6 Å². The maximum Gasteiger partial charge on any atom is 0.118 e. The number of nitrogens with zero attached hydrogens (tertiary/aromatic N) is 2. The highest BCUT2D eigenvalue weighted by Crippen LogP contribution is 2.25. The number of hydrogen-bond acceptors (Lipinski definition) is 3. The normalized spacial score (nSPS) is 12.4. The van der Waals surface area contributed by atoms with Gasteiger partial charge in [-0.1, -0.05) is 23.7 Å². The molecule has 0 saturated carbocycles. The van der Waals surface area contributed by atoms with Gasteiger partial charge in [0.2, 0.25) is 0 Å². The van der Waals surface area contributed by atoms with Gasteiger partial charge in [-0.05, 0) is 31.5 Å². The summed E-state index contributed by atoms with van der Waals surface area (Å²) in [6.45, 7) is 4.75. The molecule has 0 amide bonds. The van der Waals surface area contributed by atoms with Crippen LogP contribution in [-0.2, 0) is 13.0 Å². The van der Waals surface area contributed by atoms with Crippen LogP contribution in [0.5, 0.6) is 5.75 Å². The molecule has 1 aromatic heterocycles. The molecule has 0 aliphatic carbocycles. The molecule has 1 atom stereocenters. The van der Waals surface area contributed by atoms with Gasteiger partial charge in [0.25, 0.3) is 0 Å². The average molecular weight is 294 g/mol. The van der Waals surface area contributed by atoms with E-state index in [1.807, 2.05) is 42.8 Å². The Labute approximate surface area is 124 Å². The quantitative estimate of drug-likeness (QED) is 0.921. The molecule has 0 saturated heterocycles. The lowest BCUT2D eigenvalue weighted by atomic mass is 10.0. The molecule has 4 nitrogen and oxygen atoms in total. The molecule has 0 spiro atoms. The van der Waals surface area contributed by atoms with Crippen LogP contribution in [0.1, 0.15) is 29.9 Å². The Balaban J connectivity index is 2.20. The zero-order chi connectivity index (χ0) is 14.7. The topological polar surface area (TPSA) is 53.1 Å². The van der Waals surface area contributed by atoms with Gasteiger partial charge in [-0.15, -0.1) is 0 Å². The van der Waals surface area contributed by atoms with E-state index in [2.05, 4.69) is 5.10 Å². The fourth-order valence-corrected chi connectivity index (χ4v) is 2.45. The van der Waals surface area contributed by atoms with E-state index >= 15 is 0 Å². The Morgan fingerprint density at radius 2 is 2.00 bits per heavy atom. The molecular formula is C15H20ClN3O. The summed E-state index contributed by atoms with van der Waals surface area (Å²) in [6.07, 6.45) is 0.667. The lowest BCUT2D eigenvalue weighted by Gasteiger charge is -2.14. The maximum absolute atomic E-state index is 6.31. The minimum absolute atomic E-state index is 0.111. The van der Waals surface area contributed by atoms with Gasteiger partial charge >= 0.3 is 0 Å². The molecule has 0 bridgehead atoms. The van der Waals surface area contributed by atoms with Crippen molar-refractivity contribution in [3.63, 3.8) is 0 Å².